The van der Waals surface area contributed by atoms with Crippen LogP contribution in [0, 0.1) is 50.2 Å². The molecule has 63 heavy (non-hydrogen) atoms. The molecule has 16 heteroatoms. The van der Waals surface area contributed by atoms with Crippen molar-refractivity contribution in [1.82, 2.24) is 0 Å². The fraction of sp³-hybridized carbons (Fsp3) is 0.936. The van der Waals surface area contributed by atoms with Gasteiger partial charge in [-0.2, -0.15) is 0 Å². The average molecular weight is 897 g/mol. The van der Waals surface area contributed by atoms with Crippen molar-refractivity contribution in [3.05, 3.63) is 11.6 Å². The number of hydrogen-bond acceptors (Lipinski definition) is 15. The number of carboxylic acids is 1. The van der Waals surface area contributed by atoms with E-state index in [4.69, 9.17) is 28.4 Å². The first-order valence-electron chi connectivity index (χ1n) is 23.6. The third-order valence-electron chi connectivity index (χ3n) is 19.0. The van der Waals surface area contributed by atoms with Crippen LogP contribution in [0.2, 0.25) is 0 Å². The second-order valence-corrected chi connectivity index (χ2v) is 23.0. The smallest absolute Gasteiger partial charge is 0.310 e. The standard InChI is InChI=1S/C47H76O16/c1-22-30(49)33(52)35(54)38(59-22)63-37-32(51)26(61-39-36(55)34(53)31(50)25(20-48)60-39)21-58-40(37)62-29-12-13-44(6)27(43(29,4)5)11-14-46(8)28(44)10-9-23-24-19-42(2,3)15-17-47(24,41(56)57)18-16-45(23,46)7/h9,22,24-40,48-55H,10-21H2,1-8H3,(H,56,57)/t22-,24-,25+,26+,27-,28+,29-,30-,31+,32-,33+,34-,35+,36+,37+,38+,39-,40-,44+,45+,46-,47+/m0/s1. The summed E-state index contributed by atoms with van der Waals surface area (Å²) >= 11 is 0. The van der Waals surface area contributed by atoms with Gasteiger partial charge in [-0.3, -0.25) is 4.79 Å². The van der Waals surface area contributed by atoms with Crippen LogP contribution in [-0.2, 0) is 33.2 Å². The first-order chi connectivity index (χ1) is 29.4. The zero-order valence-corrected chi connectivity index (χ0v) is 38.3. The average Bonchev–Trinajstić information content (AvgIpc) is 3.22. The number of allylic oxidation sites excluding steroid dienone is 2. The zero-order valence-electron chi connectivity index (χ0n) is 38.3. The van der Waals surface area contributed by atoms with E-state index in [2.05, 4.69) is 54.5 Å². The lowest BCUT2D eigenvalue weighted by atomic mass is 9.33. The van der Waals surface area contributed by atoms with Crippen LogP contribution in [0.25, 0.3) is 0 Å². The van der Waals surface area contributed by atoms with Crippen molar-refractivity contribution in [2.45, 2.75) is 212 Å². The van der Waals surface area contributed by atoms with Gasteiger partial charge in [-0.25, -0.2) is 0 Å². The van der Waals surface area contributed by atoms with Gasteiger partial charge in [0.1, 0.15) is 61.0 Å². The van der Waals surface area contributed by atoms with Crippen LogP contribution in [0.5, 0.6) is 0 Å². The largest absolute Gasteiger partial charge is 0.481 e. The van der Waals surface area contributed by atoms with Crippen molar-refractivity contribution in [2.75, 3.05) is 13.2 Å². The molecule has 3 aliphatic heterocycles. The summed E-state index contributed by atoms with van der Waals surface area (Å²) in [6.45, 7) is 17.0. The Labute approximate surface area is 371 Å². The van der Waals surface area contributed by atoms with Crippen molar-refractivity contribution < 1.29 is 79.2 Å². The van der Waals surface area contributed by atoms with Gasteiger partial charge in [0.05, 0.1) is 30.8 Å². The molecule has 0 aromatic heterocycles. The van der Waals surface area contributed by atoms with Gasteiger partial charge in [-0.05, 0) is 116 Å². The van der Waals surface area contributed by atoms with Crippen LogP contribution in [0.3, 0.4) is 0 Å². The Morgan fingerprint density at radius 1 is 0.714 bits per heavy atom. The predicted octanol–water partition coefficient (Wildman–Crippen LogP) is 2.37. The lowest BCUT2D eigenvalue weighted by Crippen LogP contribution is -2.66. The van der Waals surface area contributed by atoms with E-state index in [1.54, 1.807) is 0 Å². The summed E-state index contributed by atoms with van der Waals surface area (Å²) in [5.74, 6) is -0.0288. The molecule has 7 fully saturated rings. The summed E-state index contributed by atoms with van der Waals surface area (Å²) in [5.41, 5.74) is 0.113. The highest BCUT2D eigenvalue weighted by atomic mass is 16.8. The number of ether oxygens (including phenoxy) is 6. The first kappa shape index (κ1) is 48.1. The van der Waals surface area contributed by atoms with Crippen LogP contribution in [0.15, 0.2) is 11.6 Å². The number of carbonyl (C=O) groups is 1. The van der Waals surface area contributed by atoms with Gasteiger partial charge < -0.3 is 74.4 Å². The van der Waals surface area contributed by atoms with Crippen molar-refractivity contribution in [3.8, 4) is 0 Å². The molecule has 9 N–H and O–H groups in total. The summed E-state index contributed by atoms with van der Waals surface area (Å²) in [5, 5.41) is 96.0. The number of carboxylic acid groups (broad SMARTS) is 1. The minimum atomic E-state index is -1.75. The molecule has 5 aliphatic carbocycles. The van der Waals surface area contributed by atoms with E-state index in [0.29, 0.717) is 18.8 Å². The molecule has 22 atom stereocenters. The number of rotatable bonds is 8. The molecule has 0 bridgehead atoms. The van der Waals surface area contributed by atoms with E-state index in [0.717, 1.165) is 51.4 Å². The minimum Gasteiger partial charge on any atom is -0.481 e. The molecule has 3 saturated heterocycles. The molecule has 8 rings (SSSR count). The van der Waals surface area contributed by atoms with Gasteiger partial charge in [0, 0.05) is 0 Å². The van der Waals surface area contributed by atoms with Crippen LogP contribution in [-0.4, -0.2) is 157 Å². The molecule has 16 nitrogen and oxygen atoms in total. The van der Waals surface area contributed by atoms with Crippen molar-refractivity contribution in [1.29, 1.82) is 0 Å². The Bertz CT molecular complexity index is 1720. The third kappa shape index (κ3) is 7.51. The number of aliphatic hydroxyl groups is 8. The summed E-state index contributed by atoms with van der Waals surface area (Å²) < 4.78 is 36.7. The molecular formula is C47H76O16. The van der Waals surface area contributed by atoms with Gasteiger partial charge >= 0.3 is 5.97 Å². The highest BCUT2D eigenvalue weighted by Gasteiger charge is 2.70. The maximum absolute atomic E-state index is 13.1. The number of fused-ring (bicyclic) bond motifs is 7. The Morgan fingerprint density at radius 2 is 1.37 bits per heavy atom. The molecule has 8 aliphatic rings. The van der Waals surface area contributed by atoms with Crippen molar-refractivity contribution >= 4 is 5.97 Å². The summed E-state index contributed by atoms with van der Waals surface area (Å²) in [7, 11) is 0. The van der Waals surface area contributed by atoms with Crippen molar-refractivity contribution in [3.63, 3.8) is 0 Å². The van der Waals surface area contributed by atoms with Gasteiger partial charge in [-0.15, -0.1) is 0 Å². The number of aliphatic hydroxyl groups excluding tert-OH is 8. The number of aliphatic carboxylic acids is 1. The Kier molecular flexibility index (Phi) is 12.8. The van der Waals surface area contributed by atoms with E-state index in [1.807, 2.05) is 0 Å². The van der Waals surface area contributed by atoms with Crippen LogP contribution in [0.1, 0.15) is 120 Å². The van der Waals surface area contributed by atoms with Gasteiger partial charge in [-0.1, -0.05) is 60.1 Å². The molecule has 3 heterocycles. The normalized spacial score (nSPS) is 54.1. The molecule has 0 amide bonds. The monoisotopic (exact) mass is 897 g/mol. The lowest BCUT2D eigenvalue weighted by molar-refractivity contribution is -0.380. The molecule has 0 unspecified atom stereocenters. The van der Waals surface area contributed by atoms with Crippen LogP contribution >= 0.6 is 0 Å². The Morgan fingerprint density at radius 3 is 2.03 bits per heavy atom. The number of hydrogen-bond donors (Lipinski definition) is 9. The highest BCUT2D eigenvalue weighted by Crippen LogP contribution is 2.76. The quantitative estimate of drug-likeness (QED) is 0.125. The zero-order chi connectivity index (χ0) is 46.0. The van der Waals surface area contributed by atoms with Crippen molar-refractivity contribution in [2.24, 2.45) is 50.2 Å². The summed E-state index contributed by atoms with van der Waals surface area (Å²) in [6, 6.07) is 0. The topological polar surface area (TPSA) is 255 Å². The highest BCUT2D eigenvalue weighted by molar-refractivity contribution is 5.76. The second-order valence-electron chi connectivity index (χ2n) is 23.0. The van der Waals surface area contributed by atoms with E-state index in [9.17, 15) is 50.8 Å². The predicted molar refractivity (Wildman–Crippen MR) is 223 cm³/mol. The van der Waals surface area contributed by atoms with Gasteiger partial charge in [0.2, 0.25) is 0 Å². The fourth-order valence-electron chi connectivity index (χ4n) is 14.8. The first-order valence-corrected chi connectivity index (χ1v) is 23.6. The molecular weight excluding hydrogens is 821 g/mol. The molecule has 360 valence electrons. The fourth-order valence-corrected chi connectivity index (χ4v) is 14.8. The van der Waals surface area contributed by atoms with E-state index in [-0.39, 0.29) is 46.2 Å². The molecule has 0 aromatic carbocycles. The molecule has 0 aromatic rings. The molecule has 0 spiro atoms. The maximum atomic E-state index is 13.1. The van der Waals surface area contributed by atoms with E-state index < -0.39 is 109 Å². The third-order valence-corrected chi connectivity index (χ3v) is 19.0. The van der Waals surface area contributed by atoms with E-state index >= 15 is 0 Å². The molecule has 4 saturated carbocycles. The Hall–Kier alpha value is -1.35. The summed E-state index contributed by atoms with van der Waals surface area (Å²) in [4.78, 5) is 13.1. The van der Waals surface area contributed by atoms with E-state index in [1.165, 1.54) is 12.5 Å². The minimum absolute atomic E-state index is 0.0289. The van der Waals surface area contributed by atoms with Gasteiger partial charge in [0.15, 0.2) is 18.9 Å². The second kappa shape index (κ2) is 16.7. The SMILES string of the molecule is C[C@@H]1O[C@H](O[C@H]2[C@H](O[C@H]3CC[C@@]4(C)[C@H]5CC=C6[C@@H]7CC(C)(C)CC[C@@]7(C(=O)O)CC[C@@]6(C)[C@@]5(C)CC[C@H]4C3(C)C)OC[C@@H](O[C@@H]3O[C@H](CO)[C@@H](O)[C@H](O)[C@H]3O)[C@@H]2O)[C@H](O)[C@H](O)[C@H]1O. The van der Waals surface area contributed by atoms with Crippen LogP contribution < -0.4 is 0 Å². The maximum Gasteiger partial charge on any atom is 0.310 e. The summed E-state index contributed by atoms with van der Waals surface area (Å²) in [6.07, 6.45) is -10.1. The van der Waals surface area contributed by atoms with Crippen LogP contribution in [0.4, 0.5) is 0 Å². The lowest BCUT2D eigenvalue weighted by Gasteiger charge is -2.71. The molecule has 0 radical (unpaired) electrons. The Balaban J connectivity index is 1.04. The van der Waals surface area contributed by atoms with Gasteiger partial charge in [0.25, 0.3) is 0 Å².